The van der Waals surface area contributed by atoms with Gasteiger partial charge in [0.2, 0.25) is 0 Å². The van der Waals surface area contributed by atoms with E-state index in [0.717, 1.165) is 27.8 Å². The highest BCUT2D eigenvalue weighted by Gasteiger charge is 2.17. The highest BCUT2D eigenvalue weighted by molar-refractivity contribution is 5.74. The molecule has 190 valence electrons. The molecule has 0 aliphatic rings. The first-order valence-corrected chi connectivity index (χ1v) is 12.0. The lowest BCUT2D eigenvalue weighted by atomic mass is 10.1. The molecule has 2 aromatic heterocycles. The summed E-state index contributed by atoms with van der Waals surface area (Å²) in [6.07, 6.45) is 1.53. The number of anilines is 1. The van der Waals surface area contributed by atoms with Crippen molar-refractivity contribution in [1.82, 2.24) is 25.0 Å². The fourth-order valence-corrected chi connectivity index (χ4v) is 4.39. The van der Waals surface area contributed by atoms with Crippen LogP contribution in [0, 0.1) is 11.8 Å². The SMILES string of the molecule is C=c1[nH]c(=O)c(=Cc2ccc(N(CC)Cc3cc(C)cc(-n4nc5ccccc5n4)c3N=O)cc2)c(=O)[nH]1. The summed E-state index contributed by atoms with van der Waals surface area (Å²) in [6.45, 7) is 8.62. The van der Waals surface area contributed by atoms with Gasteiger partial charge in [0, 0.05) is 24.3 Å². The van der Waals surface area contributed by atoms with Crippen LogP contribution in [0.15, 0.2) is 75.4 Å². The molecule has 0 radical (unpaired) electrons. The Morgan fingerprint density at radius 1 is 1.00 bits per heavy atom. The summed E-state index contributed by atoms with van der Waals surface area (Å²) < 4.78 is 0. The molecule has 5 aromatic rings. The Morgan fingerprint density at radius 3 is 2.21 bits per heavy atom. The van der Waals surface area contributed by atoms with Gasteiger partial charge in [-0.2, -0.15) is 0 Å². The summed E-state index contributed by atoms with van der Waals surface area (Å²) in [5.41, 5.74) is 4.73. The molecule has 3 aromatic carbocycles. The van der Waals surface area contributed by atoms with Gasteiger partial charge in [-0.05, 0) is 66.6 Å². The molecule has 0 aliphatic heterocycles. The van der Waals surface area contributed by atoms with E-state index in [1.807, 2.05) is 74.5 Å². The smallest absolute Gasteiger partial charge is 0.262 e. The minimum Gasteiger partial charge on any atom is -0.367 e. The largest absolute Gasteiger partial charge is 0.367 e. The number of aromatic nitrogens is 5. The van der Waals surface area contributed by atoms with E-state index in [-0.39, 0.29) is 16.4 Å². The number of hydrogen-bond donors (Lipinski definition) is 2. The van der Waals surface area contributed by atoms with Gasteiger partial charge in [0.05, 0.1) is 0 Å². The van der Waals surface area contributed by atoms with Crippen molar-refractivity contribution in [2.45, 2.75) is 20.4 Å². The zero-order valence-corrected chi connectivity index (χ0v) is 20.9. The van der Waals surface area contributed by atoms with Crippen molar-refractivity contribution in [3.8, 4) is 5.69 Å². The molecular formula is C28H25N7O3. The molecule has 0 saturated carbocycles. The van der Waals surface area contributed by atoms with Gasteiger partial charge in [-0.1, -0.05) is 36.9 Å². The minimum absolute atomic E-state index is 0.00591. The molecule has 0 bridgehead atoms. The number of aromatic amines is 2. The zero-order chi connectivity index (χ0) is 26.8. The van der Waals surface area contributed by atoms with Crippen LogP contribution in [0.25, 0.3) is 29.4 Å². The second-order valence-electron chi connectivity index (χ2n) is 8.91. The molecule has 38 heavy (non-hydrogen) atoms. The maximum absolute atomic E-state index is 12.2. The van der Waals surface area contributed by atoms with E-state index in [4.69, 9.17) is 0 Å². The fourth-order valence-electron chi connectivity index (χ4n) is 4.39. The molecule has 0 spiro atoms. The number of aryl methyl sites for hydroxylation is 1. The number of benzene rings is 3. The number of nitrogens with zero attached hydrogens (tertiary/aromatic N) is 5. The number of hydrogen-bond acceptors (Lipinski definition) is 7. The molecule has 10 heteroatoms. The second kappa shape index (κ2) is 10.1. The molecule has 2 N–H and O–H groups in total. The van der Waals surface area contributed by atoms with Crippen LogP contribution in [-0.2, 0) is 6.54 Å². The Bertz CT molecular complexity index is 1820. The monoisotopic (exact) mass is 507 g/mol. The van der Waals surface area contributed by atoms with Crippen molar-refractivity contribution in [3.63, 3.8) is 0 Å². The van der Waals surface area contributed by atoms with Gasteiger partial charge in [0.1, 0.15) is 33.1 Å². The molecule has 0 atom stereocenters. The quantitative estimate of drug-likeness (QED) is 0.326. The van der Waals surface area contributed by atoms with Gasteiger partial charge in [0.25, 0.3) is 11.1 Å². The van der Waals surface area contributed by atoms with Gasteiger partial charge in [-0.15, -0.1) is 19.9 Å². The highest BCUT2D eigenvalue weighted by Crippen LogP contribution is 2.31. The van der Waals surface area contributed by atoms with Crippen LogP contribution in [0.3, 0.4) is 0 Å². The van der Waals surface area contributed by atoms with Crippen LogP contribution < -0.4 is 26.7 Å². The van der Waals surface area contributed by atoms with Crippen LogP contribution >= 0.6 is 0 Å². The molecule has 0 unspecified atom stereocenters. The minimum atomic E-state index is -0.498. The van der Waals surface area contributed by atoms with Crippen molar-refractivity contribution in [2.75, 3.05) is 11.4 Å². The predicted octanol–water partition coefficient (Wildman–Crippen LogP) is 2.77. The predicted molar refractivity (Wildman–Crippen MR) is 148 cm³/mol. The number of H-pyrrole nitrogens is 2. The number of fused-ring (bicyclic) bond motifs is 1. The molecule has 10 nitrogen and oxygen atoms in total. The molecule has 0 saturated heterocycles. The van der Waals surface area contributed by atoms with Crippen LogP contribution in [0.1, 0.15) is 23.6 Å². The standard InChI is InChI=1S/C28H25N7O3/c1-4-34(21-11-9-19(10-12-21)15-22-27(36)29-18(3)30-28(22)37)16-20-13-17(2)14-25(26(20)33-38)35-31-23-7-5-6-8-24(23)32-35/h5-15H,3-4,16H2,1-2H3,(H,29,36)(H,30,37). The van der Waals surface area contributed by atoms with Gasteiger partial charge < -0.3 is 14.9 Å². The lowest BCUT2D eigenvalue weighted by molar-refractivity contribution is 0.760. The molecule has 0 amide bonds. The van der Waals surface area contributed by atoms with Crippen LogP contribution in [-0.4, -0.2) is 31.5 Å². The van der Waals surface area contributed by atoms with Gasteiger partial charge in [0.15, 0.2) is 0 Å². The van der Waals surface area contributed by atoms with E-state index in [9.17, 15) is 14.5 Å². The van der Waals surface area contributed by atoms with E-state index < -0.39 is 11.1 Å². The van der Waals surface area contributed by atoms with E-state index in [1.165, 1.54) is 10.9 Å². The summed E-state index contributed by atoms with van der Waals surface area (Å²) in [6, 6.07) is 18.8. The van der Waals surface area contributed by atoms with Crippen molar-refractivity contribution in [1.29, 1.82) is 0 Å². The second-order valence-corrected chi connectivity index (χ2v) is 8.91. The van der Waals surface area contributed by atoms with Crippen LogP contribution in [0.5, 0.6) is 0 Å². The van der Waals surface area contributed by atoms with Crippen LogP contribution in [0.4, 0.5) is 11.4 Å². The van der Waals surface area contributed by atoms with Crippen molar-refractivity contribution in [3.05, 3.63) is 114 Å². The van der Waals surface area contributed by atoms with E-state index in [0.29, 0.717) is 24.3 Å². The third kappa shape index (κ3) is 4.79. The fraction of sp³-hybridized carbons (Fsp3) is 0.143. The molecule has 2 heterocycles. The van der Waals surface area contributed by atoms with Crippen molar-refractivity contribution in [2.24, 2.45) is 5.18 Å². The number of nitrogens with one attached hydrogen (secondary N) is 2. The summed E-state index contributed by atoms with van der Waals surface area (Å²) in [5.74, 6) is 0. The topological polar surface area (TPSA) is 129 Å². The summed E-state index contributed by atoms with van der Waals surface area (Å²) in [7, 11) is 0. The van der Waals surface area contributed by atoms with Crippen molar-refractivity contribution >= 4 is 35.1 Å². The zero-order valence-electron chi connectivity index (χ0n) is 20.9. The molecule has 5 rings (SSSR count). The Balaban J connectivity index is 1.48. The maximum atomic E-state index is 12.2. The van der Waals surface area contributed by atoms with Crippen LogP contribution in [0.2, 0.25) is 0 Å². The third-order valence-corrected chi connectivity index (χ3v) is 6.24. The first kappa shape index (κ1) is 24.6. The van der Waals surface area contributed by atoms with Gasteiger partial charge in [-0.3, -0.25) is 9.59 Å². The summed E-state index contributed by atoms with van der Waals surface area (Å²) in [4.78, 5) is 44.9. The molecular weight excluding hydrogens is 482 g/mol. The average molecular weight is 508 g/mol. The Labute approximate surface area is 216 Å². The Hall–Kier alpha value is -5.12. The van der Waals surface area contributed by atoms with Gasteiger partial charge >= 0.3 is 0 Å². The highest BCUT2D eigenvalue weighted by atomic mass is 16.3. The number of nitroso groups, excluding NO2 is 1. The summed E-state index contributed by atoms with van der Waals surface area (Å²) in [5, 5.41) is 12.4. The van der Waals surface area contributed by atoms with E-state index in [1.54, 1.807) is 0 Å². The maximum Gasteiger partial charge on any atom is 0.262 e. The first-order valence-electron chi connectivity index (χ1n) is 12.0. The van der Waals surface area contributed by atoms with Gasteiger partial charge in [-0.25, -0.2) is 0 Å². The van der Waals surface area contributed by atoms with E-state index >= 15 is 0 Å². The Morgan fingerprint density at radius 2 is 1.63 bits per heavy atom. The lowest BCUT2D eigenvalue weighted by Gasteiger charge is -2.24. The molecule has 0 fully saturated rings. The lowest BCUT2D eigenvalue weighted by Crippen LogP contribution is -2.47. The normalized spacial score (nSPS) is 11.0. The Kier molecular flexibility index (Phi) is 6.53. The average Bonchev–Trinajstić information content (AvgIpc) is 3.34. The van der Waals surface area contributed by atoms with E-state index in [2.05, 4.69) is 36.8 Å². The molecule has 0 aliphatic carbocycles. The first-order chi connectivity index (χ1) is 18.4. The number of rotatable bonds is 7. The van der Waals surface area contributed by atoms with Crippen molar-refractivity contribution < 1.29 is 0 Å². The third-order valence-electron chi connectivity index (χ3n) is 6.24. The summed E-state index contributed by atoms with van der Waals surface area (Å²) >= 11 is 0.